The van der Waals surface area contributed by atoms with Crippen LogP contribution in [0.25, 0.3) is 0 Å². The molecule has 23 heavy (non-hydrogen) atoms. The fourth-order valence-electron chi connectivity index (χ4n) is 2.64. The highest BCUT2D eigenvalue weighted by Gasteiger charge is 2.43. The second kappa shape index (κ2) is 7.03. The molecule has 2 rings (SSSR count). The second-order valence-corrected chi connectivity index (χ2v) is 11.4. The van der Waals surface area contributed by atoms with Crippen molar-refractivity contribution in [3.8, 4) is 0 Å². The number of nitrogens with one attached hydrogen (secondary N) is 1. The molecule has 0 radical (unpaired) electrons. The molecule has 1 aromatic rings. The van der Waals surface area contributed by atoms with Gasteiger partial charge in [0.05, 0.1) is 6.10 Å². The molecule has 6 nitrogen and oxygen atoms in total. The summed E-state index contributed by atoms with van der Waals surface area (Å²) in [6.45, 7) is 4.87. The van der Waals surface area contributed by atoms with E-state index in [9.17, 15) is 15.0 Å². The summed E-state index contributed by atoms with van der Waals surface area (Å²) in [6.07, 6.45) is 4.46. The standard InChI is InChI=1S/C15H25N2O4PS/c1-5-9-8-17(15(23)16-13(9)20)14-12(19)11(18)10(21-14)6-7-22(2,3)4/h8,10-12,14,18-19H,2,5-7H2,1,3-4H3,(H,16,20,23)/t10-,11-,12-,14-/m1/s1. The van der Waals surface area contributed by atoms with Gasteiger partial charge < -0.3 is 14.9 Å². The van der Waals surface area contributed by atoms with E-state index in [1.54, 1.807) is 6.20 Å². The van der Waals surface area contributed by atoms with E-state index in [0.717, 1.165) is 6.16 Å². The highest BCUT2D eigenvalue weighted by atomic mass is 32.1. The van der Waals surface area contributed by atoms with Gasteiger partial charge in [-0.1, -0.05) is 6.92 Å². The van der Waals surface area contributed by atoms with Gasteiger partial charge in [-0.3, -0.25) is 14.3 Å². The Kier molecular flexibility index (Phi) is 5.69. The summed E-state index contributed by atoms with van der Waals surface area (Å²) in [4.78, 5) is 14.4. The Morgan fingerprint density at radius 2 is 2.09 bits per heavy atom. The maximum absolute atomic E-state index is 11.8. The van der Waals surface area contributed by atoms with Gasteiger partial charge in [-0.2, -0.15) is 0 Å². The number of aromatic amines is 1. The number of nitrogens with zero attached hydrogens (tertiary/aromatic N) is 1. The smallest absolute Gasteiger partial charge is 0.254 e. The Morgan fingerprint density at radius 3 is 2.65 bits per heavy atom. The number of aliphatic hydroxyl groups is 2. The van der Waals surface area contributed by atoms with Gasteiger partial charge in [-0.05, 0) is 44.6 Å². The summed E-state index contributed by atoms with van der Waals surface area (Å²) in [5.41, 5.74) is 0.319. The van der Waals surface area contributed by atoms with Crippen LogP contribution in [0.4, 0.5) is 0 Å². The maximum Gasteiger partial charge on any atom is 0.254 e. The van der Waals surface area contributed by atoms with Crippen LogP contribution in [0.3, 0.4) is 0 Å². The van der Waals surface area contributed by atoms with Crippen LogP contribution in [-0.4, -0.2) is 63.9 Å². The van der Waals surface area contributed by atoms with Gasteiger partial charge in [0, 0.05) is 11.8 Å². The molecule has 0 saturated carbocycles. The first kappa shape index (κ1) is 18.6. The Labute approximate surface area is 141 Å². The molecule has 1 saturated heterocycles. The highest BCUT2D eigenvalue weighted by Crippen LogP contribution is 2.39. The lowest BCUT2D eigenvalue weighted by Crippen LogP contribution is -2.32. The quantitative estimate of drug-likeness (QED) is 0.542. The molecule has 0 aliphatic carbocycles. The molecule has 0 aromatic carbocycles. The molecule has 2 heterocycles. The van der Waals surface area contributed by atoms with Gasteiger partial charge in [0.25, 0.3) is 5.56 Å². The second-order valence-electron chi connectivity index (χ2n) is 6.67. The molecular weight excluding hydrogens is 335 g/mol. The first-order valence-electron chi connectivity index (χ1n) is 7.67. The third kappa shape index (κ3) is 4.22. The summed E-state index contributed by atoms with van der Waals surface area (Å²) >= 11 is 5.17. The summed E-state index contributed by atoms with van der Waals surface area (Å²) in [7, 11) is 0. The van der Waals surface area contributed by atoms with Crippen LogP contribution in [0, 0.1) is 4.77 Å². The summed E-state index contributed by atoms with van der Waals surface area (Å²) < 4.78 is 7.55. The molecule has 1 aliphatic heterocycles. The molecule has 1 fully saturated rings. The molecule has 1 aromatic heterocycles. The molecule has 3 N–H and O–H groups in total. The van der Waals surface area contributed by atoms with Crippen molar-refractivity contribution >= 4 is 25.4 Å². The van der Waals surface area contributed by atoms with Crippen molar-refractivity contribution in [2.24, 2.45) is 0 Å². The molecule has 8 heteroatoms. The number of ether oxygens (including phenoxy) is 1. The van der Waals surface area contributed by atoms with Crippen LogP contribution >= 0.6 is 19.1 Å². The van der Waals surface area contributed by atoms with Crippen LogP contribution in [0.5, 0.6) is 0 Å². The average Bonchev–Trinajstić information content (AvgIpc) is 2.73. The highest BCUT2D eigenvalue weighted by molar-refractivity contribution is 7.72. The summed E-state index contributed by atoms with van der Waals surface area (Å²) in [5, 5.41) is 20.6. The number of aromatic nitrogens is 2. The maximum atomic E-state index is 11.8. The normalized spacial score (nSPS) is 28.2. The number of aliphatic hydroxyl groups excluding tert-OH is 2. The van der Waals surface area contributed by atoms with Gasteiger partial charge in [0.1, 0.15) is 12.2 Å². The van der Waals surface area contributed by atoms with Gasteiger partial charge in [0.2, 0.25) is 0 Å². The fourth-order valence-corrected chi connectivity index (χ4v) is 3.85. The zero-order valence-corrected chi connectivity index (χ0v) is 15.4. The first-order valence-corrected chi connectivity index (χ1v) is 11.1. The number of H-pyrrole nitrogens is 1. The SMILES string of the molecule is C=P(C)(C)CC[C@H]1O[C@@H](n2cc(CC)c(=O)[nH]c2=S)[C@H](O)[C@@H]1O. The van der Waals surface area contributed by atoms with Crippen LogP contribution in [0.1, 0.15) is 25.1 Å². The van der Waals surface area contributed by atoms with E-state index >= 15 is 0 Å². The Balaban J connectivity index is 2.26. The zero-order valence-electron chi connectivity index (χ0n) is 13.7. The van der Waals surface area contributed by atoms with E-state index in [1.807, 2.05) is 6.92 Å². The van der Waals surface area contributed by atoms with Crippen LogP contribution in [-0.2, 0) is 11.2 Å². The summed E-state index contributed by atoms with van der Waals surface area (Å²) in [5.74, 6) is 0. The van der Waals surface area contributed by atoms with Gasteiger partial charge in [-0.25, -0.2) is 0 Å². The van der Waals surface area contributed by atoms with E-state index < -0.39 is 31.4 Å². The molecule has 0 spiro atoms. The first-order chi connectivity index (χ1) is 10.6. The number of hydrogen-bond donors (Lipinski definition) is 3. The minimum atomic E-state index is -1.23. The molecule has 130 valence electrons. The Morgan fingerprint density at radius 1 is 1.43 bits per heavy atom. The number of hydrogen-bond acceptors (Lipinski definition) is 5. The third-order valence-electron chi connectivity index (χ3n) is 4.05. The predicted octanol–water partition coefficient (Wildman–Crippen LogP) is 1.19. The van der Waals surface area contributed by atoms with Crippen molar-refractivity contribution in [2.45, 2.75) is 44.3 Å². The zero-order chi connectivity index (χ0) is 17.4. The summed E-state index contributed by atoms with van der Waals surface area (Å²) in [6, 6.07) is 0. The number of rotatable bonds is 5. The molecule has 1 aliphatic rings. The van der Waals surface area contributed by atoms with E-state index in [-0.39, 0.29) is 10.3 Å². The third-order valence-corrected chi connectivity index (χ3v) is 5.83. The van der Waals surface area contributed by atoms with Crippen molar-refractivity contribution in [1.82, 2.24) is 9.55 Å². The Hall–Kier alpha value is -0.720. The largest absolute Gasteiger partial charge is 0.388 e. The minimum absolute atomic E-state index is 0.175. The molecule has 0 bridgehead atoms. The van der Waals surface area contributed by atoms with E-state index in [4.69, 9.17) is 17.0 Å². The lowest BCUT2D eigenvalue weighted by Gasteiger charge is -2.19. The van der Waals surface area contributed by atoms with Crippen LogP contribution in [0.2, 0.25) is 0 Å². The van der Waals surface area contributed by atoms with Crippen LogP contribution in [0.15, 0.2) is 11.0 Å². The van der Waals surface area contributed by atoms with Gasteiger partial charge in [0.15, 0.2) is 11.0 Å². The number of aryl methyl sites for hydroxylation is 1. The topological polar surface area (TPSA) is 87.5 Å². The Bertz CT molecular complexity index is 723. The van der Waals surface area contributed by atoms with Gasteiger partial charge >= 0.3 is 0 Å². The molecule has 0 amide bonds. The predicted molar refractivity (Wildman–Crippen MR) is 96.6 cm³/mol. The average molecular weight is 360 g/mol. The van der Waals surface area contributed by atoms with Crippen molar-refractivity contribution in [2.75, 3.05) is 19.5 Å². The molecular formula is C15H25N2O4PS. The monoisotopic (exact) mass is 360 g/mol. The van der Waals surface area contributed by atoms with Crippen molar-refractivity contribution < 1.29 is 14.9 Å². The van der Waals surface area contributed by atoms with Crippen molar-refractivity contribution in [3.05, 3.63) is 26.9 Å². The van der Waals surface area contributed by atoms with Gasteiger partial charge in [-0.15, -0.1) is 13.2 Å². The van der Waals surface area contributed by atoms with Crippen molar-refractivity contribution in [1.29, 1.82) is 0 Å². The molecule has 4 atom stereocenters. The van der Waals surface area contributed by atoms with Crippen molar-refractivity contribution in [3.63, 3.8) is 0 Å². The van der Waals surface area contributed by atoms with E-state index in [2.05, 4.69) is 24.6 Å². The lowest BCUT2D eigenvalue weighted by molar-refractivity contribution is -0.0392. The molecule has 0 unspecified atom stereocenters. The fraction of sp³-hybridized carbons (Fsp3) is 0.667. The van der Waals surface area contributed by atoms with E-state index in [0.29, 0.717) is 18.4 Å². The van der Waals surface area contributed by atoms with E-state index in [1.165, 1.54) is 4.57 Å². The van der Waals surface area contributed by atoms with Crippen LogP contribution < -0.4 is 5.56 Å². The minimum Gasteiger partial charge on any atom is -0.388 e. The lowest BCUT2D eigenvalue weighted by atomic mass is 10.1.